The molecule has 0 aliphatic carbocycles. The number of carboxylic acid groups (broad SMARTS) is 1. The van der Waals surface area contributed by atoms with Crippen LogP contribution in [0.2, 0.25) is 0 Å². The fourth-order valence-corrected chi connectivity index (χ4v) is 5.54. The van der Waals surface area contributed by atoms with Gasteiger partial charge in [-0.3, -0.25) is 14.9 Å². The molecule has 186 valence electrons. The predicted molar refractivity (Wildman–Crippen MR) is 139 cm³/mol. The highest BCUT2D eigenvalue weighted by atomic mass is 32.2. The maximum atomic E-state index is 11.4. The molecule has 0 aliphatic rings. The fourth-order valence-electron chi connectivity index (χ4n) is 3.32. The molecule has 35 heavy (non-hydrogen) atoms. The number of carbonyl (C=O) groups is 1. The molecule has 0 amide bonds. The number of allylic oxidation sites excluding steroid dienone is 1. The topological polar surface area (TPSA) is 110 Å². The van der Waals surface area contributed by atoms with Crippen LogP contribution in [0.25, 0.3) is 0 Å². The minimum Gasteiger partial charge on any atom is -0.480 e. The van der Waals surface area contributed by atoms with E-state index in [2.05, 4.69) is 42.4 Å². The summed E-state index contributed by atoms with van der Waals surface area (Å²) in [5.74, 6) is -0.355. The Kier molecular flexibility index (Phi) is 8.39. The van der Waals surface area contributed by atoms with Gasteiger partial charge in [0.15, 0.2) is 4.34 Å². The molecule has 0 spiro atoms. The van der Waals surface area contributed by atoms with Crippen LogP contribution in [0.1, 0.15) is 50.6 Å². The number of anilines is 1. The molecule has 0 saturated heterocycles. The van der Waals surface area contributed by atoms with Gasteiger partial charge in [0.1, 0.15) is 15.4 Å². The van der Waals surface area contributed by atoms with Gasteiger partial charge in [-0.1, -0.05) is 44.3 Å². The number of furan rings is 1. The molecular formula is C25H29N3O5S2. The molecule has 0 radical (unpaired) electrons. The molecule has 2 aromatic heterocycles. The van der Waals surface area contributed by atoms with Crippen molar-refractivity contribution in [3.63, 3.8) is 0 Å². The van der Waals surface area contributed by atoms with E-state index in [1.807, 2.05) is 17.5 Å². The van der Waals surface area contributed by atoms with Gasteiger partial charge in [-0.25, -0.2) is 4.98 Å². The number of hydrogen-bond acceptors (Lipinski definition) is 8. The molecule has 8 nitrogen and oxygen atoms in total. The first-order valence-corrected chi connectivity index (χ1v) is 12.8. The van der Waals surface area contributed by atoms with Crippen LogP contribution in [-0.2, 0) is 17.6 Å². The van der Waals surface area contributed by atoms with Gasteiger partial charge in [-0.05, 0) is 43.5 Å². The van der Waals surface area contributed by atoms with Gasteiger partial charge >= 0.3 is 11.9 Å². The molecule has 0 atom stereocenters. The minimum absolute atomic E-state index is 0.294. The standard InChI is InChI=1S/C25H29N3O5S2/c1-16(2)18-7-6-8-20(14-18)27(17(3)13-21-9-10-22(33-21)28(31)32)12-11-19-15-34-24(26-19)35-25(4,5)23(29)30/h6-10,14-16H,3,11-13H2,1-2,4-5H3,(H,29,30). The van der Waals surface area contributed by atoms with Crippen molar-refractivity contribution in [1.29, 1.82) is 0 Å². The molecule has 1 aromatic carbocycles. The highest BCUT2D eigenvalue weighted by molar-refractivity contribution is 8.03. The van der Waals surface area contributed by atoms with Crippen molar-refractivity contribution < 1.29 is 19.2 Å². The maximum absolute atomic E-state index is 11.4. The van der Waals surface area contributed by atoms with Crippen LogP contribution in [0.3, 0.4) is 0 Å². The summed E-state index contributed by atoms with van der Waals surface area (Å²) in [5, 5.41) is 22.3. The second-order valence-corrected chi connectivity index (χ2v) is 11.6. The SMILES string of the molecule is C=C(Cc1ccc([N+](=O)[O-])o1)N(CCc1csc(SC(C)(C)C(=O)O)n1)c1cccc(C(C)C)c1. The van der Waals surface area contributed by atoms with Crippen molar-refractivity contribution in [3.8, 4) is 0 Å². The Labute approximate surface area is 212 Å². The van der Waals surface area contributed by atoms with Gasteiger partial charge in [-0.2, -0.15) is 0 Å². The summed E-state index contributed by atoms with van der Waals surface area (Å²) in [5.41, 5.74) is 3.77. The van der Waals surface area contributed by atoms with Crippen LogP contribution < -0.4 is 4.90 Å². The summed E-state index contributed by atoms with van der Waals surface area (Å²) in [6, 6.07) is 11.2. The van der Waals surface area contributed by atoms with Crippen LogP contribution in [-0.4, -0.2) is 32.3 Å². The Morgan fingerprint density at radius 3 is 2.71 bits per heavy atom. The Bertz CT molecular complexity index is 1220. The highest BCUT2D eigenvalue weighted by Gasteiger charge is 2.30. The monoisotopic (exact) mass is 515 g/mol. The second kappa shape index (κ2) is 11.1. The molecule has 3 aromatic rings. The number of rotatable bonds is 12. The number of benzene rings is 1. The average molecular weight is 516 g/mol. The molecule has 10 heteroatoms. The first kappa shape index (κ1) is 26.5. The van der Waals surface area contributed by atoms with Gasteiger partial charge < -0.3 is 14.4 Å². The zero-order valence-electron chi connectivity index (χ0n) is 20.2. The Morgan fingerprint density at radius 2 is 2.09 bits per heavy atom. The van der Waals surface area contributed by atoms with E-state index in [4.69, 9.17) is 4.42 Å². The highest BCUT2D eigenvalue weighted by Crippen LogP contribution is 2.35. The molecule has 0 fully saturated rings. The molecule has 2 heterocycles. The molecule has 3 rings (SSSR count). The van der Waals surface area contributed by atoms with Crippen molar-refractivity contribution in [2.75, 3.05) is 11.4 Å². The Hall–Kier alpha value is -3.11. The fraction of sp³-hybridized carbons (Fsp3) is 0.360. The van der Waals surface area contributed by atoms with Gasteiger partial charge in [0, 0.05) is 36.2 Å². The number of nitrogens with zero attached hydrogens (tertiary/aromatic N) is 3. The normalized spacial score (nSPS) is 11.6. The lowest BCUT2D eigenvalue weighted by atomic mass is 10.0. The lowest BCUT2D eigenvalue weighted by molar-refractivity contribution is -0.402. The molecule has 0 saturated carbocycles. The van der Waals surface area contributed by atoms with Crippen LogP contribution in [0.4, 0.5) is 11.6 Å². The molecule has 1 N–H and O–H groups in total. The van der Waals surface area contributed by atoms with Crippen molar-refractivity contribution in [2.24, 2.45) is 0 Å². The number of thioether (sulfide) groups is 1. The smallest absolute Gasteiger partial charge is 0.433 e. The van der Waals surface area contributed by atoms with E-state index in [9.17, 15) is 20.0 Å². The van der Waals surface area contributed by atoms with Crippen LogP contribution in [0, 0.1) is 10.1 Å². The van der Waals surface area contributed by atoms with Gasteiger partial charge in [0.05, 0.1) is 11.8 Å². The summed E-state index contributed by atoms with van der Waals surface area (Å²) in [6.07, 6.45) is 0.943. The lowest BCUT2D eigenvalue weighted by Gasteiger charge is -2.27. The zero-order chi connectivity index (χ0) is 25.8. The summed E-state index contributed by atoms with van der Waals surface area (Å²) < 4.78 is 5.10. The van der Waals surface area contributed by atoms with Gasteiger partial charge in [-0.15, -0.1) is 11.3 Å². The first-order valence-electron chi connectivity index (χ1n) is 11.1. The van der Waals surface area contributed by atoms with E-state index >= 15 is 0 Å². The number of aliphatic carboxylic acids is 1. The average Bonchev–Trinajstić information content (AvgIpc) is 3.43. The minimum atomic E-state index is -0.960. The van der Waals surface area contributed by atoms with Crippen molar-refractivity contribution in [1.82, 2.24) is 4.98 Å². The van der Waals surface area contributed by atoms with Gasteiger partial charge in [0.25, 0.3) is 0 Å². The summed E-state index contributed by atoms with van der Waals surface area (Å²) in [7, 11) is 0. The summed E-state index contributed by atoms with van der Waals surface area (Å²) in [4.78, 5) is 28.6. The number of aromatic nitrogens is 1. The maximum Gasteiger partial charge on any atom is 0.433 e. The lowest BCUT2D eigenvalue weighted by Crippen LogP contribution is -2.27. The largest absolute Gasteiger partial charge is 0.480 e. The molecule has 0 aliphatic heterocycles. The zero-order valence-corrected chi connectivity index (χ0v) is 21.8. The van der Waals surface area contributed by atoms with E-state index in [0.717, 1.165) is 17.1 Å². The summed E-state index contributed by atoms with van der Waals surface area (Å²) >= 11 is 2.67. The second-order valence-electron chi connectivity index (χ2n) is 8.91. The third kappa shape index (κ3) is 6.95. The quantitative estimate of drug-likeness (QED) is 0.165. The molecule has 0 unspecified atom stereocenters. The Morgan fingerprint density at radius 1 is 1.34 bits per heavy atom. The predicted octanol–water partition coefficient (Wildman–Crippen LogP) is 6.53. The van der Waals surface area contributed by atoms with Crippen molar-refractivity contribution in [2.45, 2.75) is 55.5 Å². The van der Waals surface area contributed by atoms with Crippen LogP contribution in [0.5, 0.6) is 0 Å². The number of thiazole rings is 1. The van der Waals surface area contributed by atoms with E-state index in [1.165, 1.54) is 34.7 Å². The number of hydrogen-bond donors (Lipinski definition) is 1. The summed E-state index contributed by atoms with van der Waals surface area (Å²) in [6.45, 7) is 12.4. The third-order valence-corrected chi connectivity index (χ3v) is 7.59. The number of carboxylic acids is 1. The van der Waals surface area contributed by atoms with Crippen LogP contribution >= 0.6 is 23.1 Å². The van der Waals surface area contributed by atoms with Crippen LogP contribution in [0.15, 0.2) is 62.8 Å². The third-order valence-electron chi connectivity index (χ3n) is 5.42. The van der Waals surface area contributed by atoms with E-state index < -0.39 is 15.6 Å². The molecular weight excluding hydrogens is 486 g/mol. The first-order chi connectivity index (χ1) is 16.5. The van der Waals surface area contributed by atoms with Crippen molar-refractivity contribution in [3.05, 3.63) is 81.2 Å². The molecule has 0 bridgehead atoms. The van der Waals surface area contributed by atoms with E-state index in [0.29, 0.717) is 35.4 Å². The Balaban J connectivity index is 1.79. The van der Waals surface area contributed by atoms with Gasteiger partial charge in [0.2, 0.25) is 0 Å². The van der Waals surface area contributed by atoms with E-state index in [1.54, 1.807) is 19.9 Å². The van der Waals surface area contributed by atoms with Crippen molar-refractivity contribution >= 4 is 40.6 Å². The van der Waals surface area contributed by atoms with E-state index in [-0.39, 0.29) is 5.88 Å². The number of nitro groups is 1.